The summed E-state index contributed by atoms with van der Waals surface area (Å²) < 4.78 is 15.5. The molecule has 0 aromatic heterocycles. The Bertz CT molecular complexity index is 572. The third-order valence-electron chi connectivity index (χ3n) is 2.83. The summed E-state index contributed by atoms with van der Waals surface area (Å²) >= 11 is 0. The maximum absolute atomic E-state index is 11.5. The average Bonchev–Trinajstić information content (AvgIpc) is 2.53. The molecular weight excluding hydrogens is 352 g/mol. The number of Topliss-reactive ketones (excluding diaryl/α,β-unsaturated/α-hetero) is 2. The van der Waals surface area contributed by atoms with Gasteiger partial charge >= 0.3 is 11.9 Å². The van der Waals surface area contributed by atoms with E-state index in [4.69, 9.17) is 14.2 Å². The molecule has 0 rings (SSSR count). The van der Waals surface area contributed by atoms with Gasteiger partial charge in [0.05, 0.1) is 13.2 Å². The minimum atomic E-state index is -0.638. The van der Waals surface area contributed by atoms with Gasteiger partial charge in [0.25, 0.3) is 0 Å². The van der Waals surface area contributed by atoms with Crippen molar-refractivity contribution in [2.75, 3.05) is 13.2 Å². The molecule has 0 aliphatic carbocycles. The molecule has 0 unspecified atom stereocenters. The normalized spacial score (nSPS) is 11.5. The number of rotatable bonds is 14. The molecule has 0 aromatic carbocycles. The van der Waals surface area contributed by atoms with Crippen molar-refractivity contribution in [3.63, 3.8) is 0 Å². The van der Waals surface area contributed by atoms with Crippen LogP contribution in [0.2, 0.25) is 0 Å². The predicted octanol–water partition coefficient (Wildman–Crippen LogP) is 2.97. The molecule has 7 nitrogen and oxygen atoms in total. The summed E-state index contributed by atoms with van der Waals surface area (Å²) in [6.45, 7) is 10.0. The first-order chi connectivity index (χ1) is 12.8. The zero-order chi connectivity index (χ0) is 20.7. The van der Waals surface area contributed by atoms with E-state index in [0.29, 0.717) is 24.4 Å². The molecule has 0 aliphatic rings. The molecule has 0 N–H and O–H groups in total. The molecule has 0 heterocycles. The zero-order valence-electron chi connectivity index (χ0n) is 15.8. The molecule has 7 heteroatoms. The number of ether oxygens (including phenoxy) is 3. The highest BCUT2D eigenvalue weighted by Gasteiger charge is 2.10. The number of ketones is 2. The van der Waals surface area contributed by atoms with E-state index in [1.165, 1.54) is 13.8 Å². The van der Waals surface area contributed by atoms with E-state index in [-0.39, 0.29) is 37.6 Å². The molecule has 27 heavy (non-hydrogen) atoms. The summed E-state index contributed by atoms with van der Waals surface area (Å²) in [5.74, 6) is -1.18. The van der Waals surface area contributed by atoms with Crippen molar-refractivity contribution in [3.8, 4) is 0 Å². The molecular formula is C20H26O7. The van der Waals surface area contributed by atoms with Crippen LogP contribution in [0.3, 0.4) is 0 Å². The molecule has 0 aliphatic heterocycles. The molecule has 0 saturated carbocycles. The molecule has 0 amide bonds. The second-order valence-electron chi connectivity index (χ2n) is 5.57. The quantitative estimate of drug-likeness (QED) is 0.151. The molecule has 148 valence electrons. The van der Waals surface area contributed by atoms with E-state index in [2.05, 4.69) is 13.2 Å². The Kier molecular flexibility index (Phi) is 12.9. The Balaban J connectivity index is 4.58. The first kappa shape index (κ1) is 24.2. The van der Waals surface area contributed by atoms with E-state index in [1.54, 1.807) is 24.3 Å². The Morgan fingerprint density at radius 3 is 1.41 bits per heavy atom. The lowest BCUT2D eigenvalue weighted by atomic mass is 10.3. The second-order valence-corrected chi connectivity index (χ2v) is 5.57. The van der Waals surface area contributed by atoms with Gasteiger partial charge in [-0.15, -0.1) is 13.2 Å². The smallest absolute Gasteiger partial charge is 0.318 e. The molecule has 0 radical (unpaired) electrons. The first-order valence-electron chi connectivity index (χ1n) is 8.36. The number of carbonyl (C=O) groups excluding carboxylic acids is 4. The average molecular weight is 378 g/mol. The standard InChI is InChI=1S/C20H26O7/c1-5-7-17(26-19(23)13-15(3)21)9-11-25-12-10-18(8-6-2)27-20(24)14-16(4)22/h5-6,9-10H,1-2,7-8,11-14H2,3-4H3. The second kappa shape index (κ2) is 14.4. The number of allylic oxidation sites excluding steroid dienone is 2. The lowest BCUT2D eigenvalue weighted by molar-refractivity contribution is -0.143. The SMILES string of the molecule is C=CCC(=CCOCC=C(CC=C)OC(=O)CC(C)=O)OC(=O)CC(C)=O. The van der Waals surface area contributed by atoms with Gasteiger partial charge in [-0.25, -0.2) is 0 Å². The van der Waals surface area contributed by atoms with Gasteiger partial charge in [0, 0.05) is 12.8 Å². The topological polar surface area (TPSA) is 96.0 Å². The highest BCUT2D eigenvalue weighted by Crippen LogP contribution is 2.08. The molecule has 0 aromatic rings. The van der Waals surface area contributed by atoms with E-state index >= 15 is 0 Å². The summed E-state index contributed by atoms with van der Waals surface area (Å²) in [5, 5.41) is 0. The predicted molar refractivity (Wildman–Crippen MR) is 99.4 cm³/mol. The van der Waals surface area contributed by atoms with Crippen LogP contribution in [0.5, 0.6) is 0 Å². The fourth-order valence-corrected chi connectivity index (χ4v) is 1.76. The van der Waals surface area contributed by atoms with Crippen molar-refractivity contribution in [2.24, 2.45) is 0 Å². The van der Waals surface area contributed by atoms with Crippen LogP contribution in [-0.2, 0) is 33.4 Å². The van der Waals surface area contributed by atoms with Crippen molar-refractivity contribution in [1.82, 2.24) is 0 Å². The van der Waals surface area contributed by atoms with Crippen molar-refractivity contribution < 1.29 is 33.4 Å². The summed E-state index contributed by atoms with van der Waals surface area (Å²) in [6, 6.07) is 0. The summed E-state index contributed by atoms with van der Waals surface area (Å²) in [7, 11) is 0. The number of hydrogen-bond acceptors (Lipinski definition) is 7. The lowest BCUT2D eigenvalue weighted by Gasteiger charge is -2.08. The molecule has 0 atom stereocenters. The Morgan fingerprint density at radius 2 is 1.11 bits per heavy atom. The monoisotopic (exact) mass is 378 g/mol. The Labute approximate surface area is 159 Å². The van der Waals surface area contributed by atoms with Gasteiger partial charge in [0.1, 0.15) is 35.9 Å². The van der Waals surface area contributed by atoms with Gasteiger partial charge in [0.15, 0.2) is 0 Å². The van der Waals surface area contributed by atoms with E-state index in [9.17, 15) is 19.2 Å². The van der Waals surface area contributed by atoms with E-state index in [0.717, 1.165) is 0 Å². The first-order valence-corrected chi connectivity index (χ1v) is 8.36. The minimum absolute atomic E-state index is 0.135. The highest BCUT2D eigenvalue weighted by atomic mass is 16.5. The largest absolute Gasteiger partial charge is 0.431 e. The number of esters is 2. The van der Waals surface area contributed by atoms with Gasteiger partial charge in [-0.2, -0.15) is 0 Å². The van der Waals surface area contributed by atoms with Crippen LogP contribution in [0.4, 0.5) is 0 Å². The van der Waals surface area contributed by atoms with Gasteiger partial charge in [-0.1, -0.05) is 12.2 Å². The van der Waals surface area contributed by atoms with Gasteiger partial charge in [-0.05, 0) is 26.0 Å². The summed E-state index contributed by atoms with van der Waals surface area (Å²) in [4.78, 5) is 44.9. The van der Waals surface area contributed by atoms with Crippen LogP contribution in [-0.4, -0.2) is 36.7 Å². The van der Waals surface area contributed by atoms with E-state index < -0.39 is 11.9 Å². The number of hydrogen-bond donors (Lipinski definition) is 0. The Morgan fingerprint density at radius 1 is 0.741 bits per heavy atom. The number of carbonyl (C=O) groups is 4. The fraction of sp³-hybridized carbons (Fsp3) is 0.400. The fourth-order valence-electron chi connectivity index (χ4n) is 1.76. The minimum Gasteiger partial charge on any atom is -0.431 e. The van der Waals surface area contributed by atoms with Crippen LogP contribution in [0.15, 0.2) is 49.0 Å². The van der Waals surface area contributed by atoms with Crippen LogP contribution >= 0.6 is 0 Å². The molecule has 0 spiro atoms. The van der Waals surface area contributed by atoms with Gasteiger partial charge in [0.2, 0.25) is 0 Å². The highest BCUT2D eigenvalue weighted by molar-refractivity contribution is 5.94. The van der Waals surface area contributed by atoms with Crippen LogP contribution in [0, 0.1) is 0 Å². The van der Waals surface area contributed by atoms with Crippen LogP contribution in [0.25, 0.3) is 0 Å². The lowest BCUT2D eigenvalue weighted by Crippen LogP contribution is -2.10. The molecule has 0 bridgehead atoms. The maximum atomic E-state index is 11.5. The maximum Gasteiger partial charge on any atom is 0.318 e. The van der Waals surface area contributed by atoms with Gasteiger partial charge < -0.3 is 14.2 Å². The van der Waals surface area contributed by atoms with Crippen molar-refractivity contribution in [3.05, 3.63) is 49.0 Å². The van der Waals surface area contributed by atoms with Crippen LogP contribution in [0.1, 0.15) is 39.5 Å². The summed E-state index contributed by atoms with van der Waals surface area (Å²) in [6.07, 6.45) is 6.27. The van der Waals surface area contributed by atoms with Gasteiger partial charge in [-0.3, -0.25) is 19.2 Å². The molecule has 0 saturated heterocycles. The third-order valence-corrected chi connectivity index (χ3v) is 2.83. The summed E-state index contributed by atoms with van der Waals surface area (Å²) in [5.41, 5.74) is 0. The van der Waals surface area contributed by atoms with Crippen molar-refractivity contribution in [1.29, 1.82) is 0 Å². The van der Waals surface area contributed by atoms with E-state index in [1.807, 2.05) is 0 Å². The third kappa shape index (κ3) is 14.1. The van der Waals surface area contributed by atoms with Crippen LogP contribution < -0.4 is 0 Å². The zero-order valence-corrected chi connectivity index (χ0v) is 15.8. The van der Waals surface area contributed by atoms with Crippen molar-refractivity contribution in [2.45, 2.75) is 39.5 Å². The molecule has 0 fully saturated rings. The Hall–Kier alpha value is -2.80. The van der Waals surface area contributed by atoms with Crippen molar-refractivity contribution >= 4 is 23.5 Å².